The van der Waals surface area contributed by atoms with E-state index in [0.717, 1.165) is 73.2 Å². The molecule has 4 aliphatic rings. The zero-order valence-electron chi connectivity index (χ0n) is 28.0. The molecule has 0 aliphatic carbocycles. The van der Waals surface area contributed by atoms with E-state index in [1.807, 2.05) is 11.1 Å². The van der Waals surface area contributed by atoms with Crippen LogP contribution < -0.4 is 15.1 Å². The number of carbonyl (C=O) groups is 4. The van der Waals surface area contributed by atoms with E-state index in [4.69, 9.17) is 4.98 Å². The number of piperazine rings is 1. The lowest BCUT2D eigenvalue weighted by molar-refractivity contribution is -0.136. The van der Waals surface area contributed by atoms with Crippen molar-refractivity contribution in [2.45, 2.75) is 38.6 Å². The zero-order chi connectivity index (χ0) is 34.5. The van der Waals surface area contributed by atoms with E-state index < -0.39 is 35.5 Å². The number of aryl methyl sites for hydroxylation is 1. The van der Waals surface area contributed by atoms with Crippen LogP contribution in [0.4, 0.5) is 15.8 Å². The molecule has 1 N–H and O–H groups in total. The van der Waals surface area contributed by atoms with Gasteiger partial charge in [0, 0.05) is 75.1 Å². The Balaban J connectivity index is 0.867. The first-order valence-corrected chi connectivity index (χ1v) is 17.5. The molecule has 0 bridgehead atoms. The third kappa shape index (κ3) is 5.79. The number of imide groups is 2. The molecule has 256 valence electrons. The molecule has 4 aromatic rings. The maximum Gasteiger partial charge on any atom is 0.262 e. The van der Waals surface area contributed by atoms with Crippen molar-refractivity contribution in [3.8, 4) is 11.3 Å². The molecule has 5 heterocycles. The largest absolute Gasteiger partial charge is 0.371 e. The molecule has 8 rings (SSSR count). The Morgan fingerprint density at radius 1 is 0.800 bits per heavy atom. The van der Waals surface area contributed by atoms with Crippen molar-refractivity contribution in [1.82, 2.24) is 20.1 Å². The molecule has 3 saturated heterocycles. The number of benzene rings is 3. The van der Waals surface area contributed by atoms with Crippen LogP contribution in [0.3, 0.4) is 0 Å². The van der Waals surface area contributed by atoms with Crippen LogP contribution in [0.2, 0.25) is 0 Å². The summed E-state index contributed by atoms with van der Waals surface area (Å²) in [6.07, 6.45) is 4.19. The first-order valence-electron chi connectivity index (χ1n) is 17.5. The summed E-state index contributed by atoms with van der Waals surface area (Å²) >= 11 is 0. The summed E-state index contributed by atoms with van der Waals surface area (Å²) in [5, 5.41) is 4.54. The Hall–Kier alpha value is -5.16. The molecule has 1 atom stereocenters. The van der Waals surface area contributed by atoms with Crippen LogP contribution in [0.5, 0.6) is 0 Å². The predicted octanol–water partition coefficient (Wildman–Crippen LogP) is 4.79. The fourth-order valence-corrected chi connectivity index (χ4v) is 8.05. The Morgan fingerprint density at radius 2 is 1.54 bits per heavy atom. The number of anilines is 2. The van der Waals surface area contributed by atoms with Crippen LogP contribution in [0, 0.1) is 18.7 Å². The van der Waals surface area contributed by atoms with E-state index in [0.29, 0.717) is 24.7 Å². The van der Waals surface area contributed by atoms with Gasteiger partial charge >= 0.3 is 0 Å². The van der Waals surface area contributed by atoms with Gasteiger partial charge in [-0.3, -0.25) is 39.3 Å². The van der Waals surface area contributed by atoms with Gasteiger partial charge in [-0.2, -0.15) is 0 Å². The van der Waals surface area contributed by atoms with Gasteiger partial charge in [-0.1, -0.05) is 30.3 Å². The van der Waals surface area contributed by atoms with Crippen molar-refractivity contribution in [1.29, 1.82) is 0 Å². The first kappa shape index (κ1) is 32.1. The topological polar surface area (TPSA) is 106 Å². The van der Waals surface area contributed by atoms with Gasteiger partial charge < -0.3 is 9.80 Å². The van der Waals surface area contributed by atoms with Crippen molar-refractivity contribution >= 4 is 45.8 Å². The predicted molar refractivity (Wildman–Crippen MR) is 189 cm³/mol. The number of piperidine rings is 2. The summed E-state index contributed by atoms with van der Waals surface area (Å²) in [5.41, 5.74) is 4.98. The number of pyridine rings is 1. The fraction of sp³-hybridized carbons (Fsp3) is 0.359. The van der Waals surface area contributed by atoms with E-state index in [1.165, 1.54) is 22.7 Å². The van der Waals surface area contributed by atoms with Gasteiger partial charge in [0.05, 0.1) is 22.5 Å². The molecule has 4 aliphatic heterocycles. The van der Waals surface area contributed by atoms with Gasteiger partial charge in [0.2, 0.25) is 11.8 Å². The van der Waals surface area contributed by atoms with Crippen molar-refractivity contribution in [3.63, 3.8) is 0 Å². The van der Waals surface area contributed by atoms with Gasteiger partial charge in [-0.25, -0.2) is 4.39 Å². The molecule has 3 aromatic carbocycles. The van der Waals surface area contributed by atoms with Gasteiger partial charge in [0.1, 0.15) is 11.9 Å². The van der Waals surface area contributed by atoms with Crippen molar-refractivity contribution in [2.75, 3.05) is 55.6 Å². The second kappa shape index (κ2) is 12.9. The number of carbonyl (C=O) groups excluding carboxylic acids is 4. The minimum Gasteiger partial charge on any atom is -0.371 e. The van der Waals surface area contributed by atoms with Crippen molar-refractivity contribution < 1.29 is 23.6 Å². The molecule has 4 amide bonds. The molecule has 0 spiro atoms. The molecular weight excluding hydrogens is 635 g/mol. The number of nitrogens with zero attached hydrogens (tertiary/aromatic N) is 5. The highest BCUT2D eigenvalue weighted by Crippen LogP contribution is 2.35. The monoisotopic (exact) mass is 674 g/mol. The number of hydrogen-bond acceptors (Lipinski definition) is 8. The quantitative estimate of drug-likeness (QED) is 0.291. The fourth-order valence-electron chi connectivity index (χ4n) is 8.05. The van der Waals surface area contributed by atoms with Crippen molar-refractivity contribution in [2.24, 2.45) is 5.92 Å². The van der Waals surface area contributed by atoms with Crippen LogP contribution in [-0.4, -0.2) is 90.3 Å². The molecule has 1 aromatic heterocycles. The highest BCUT2D eigenvalue weighted by Gasteiger charge is 2.45. The van der Waals surface area contributed by atoms with E-state index in [2.05, 4.69) is 70.6 Å². The Labute approximate surface area is 289 Å². The van der Waals surface area contributed by atoms with E-state index in [9.17, 15) is 19.2 Å². The van der Waals surface area contributed by atoms with Gasteiger partial charge in [-0.05, 0) is 73.4 Å². The minimum absolute atomic E-state index is 0.0331. The molecule has 1 unspecified atom stereocenters. The third-order valence-electron chi connectivity index (χ3n) is 10.9. The second-order valence-electron chi connectivity index (χ2n) is 13.9. The molecule has 11 heteroatoms. The smallest absolute Gasteiger partial charge is 0.262 e. The Bertz CT molecular complexity index is 2030. The zero-order valence-corrected chi connectivity index (χ0v) is 28.0. The summed E-state index contributed by atoms with van der Waals surface area (Å²) in [6.45, 7) is 7.85. The summed E-state index contributed by atoms with van der Waals surface area (Å²) in [6, 6.07) is 18.7. The van der Waals surface area contributed by atoms with E-state index in [1.54, 1.807) is 0 Å². The molecule has 3 fully saturated rings. The summed E-state index contributed by atoms with van der Waals surface area (Å²) in [5.74, 6) is -2.43. The minimum atomic E-state index is -1.08. The van der Waals surface area contributed by atoms with Crippen LogP contribution in [0.25, 0.3) is 22.0 Å². The van der Waals surface area contributed by atoms with Gasteiger partial charge in [0.25, 0.3) is 11.8 Å². The lowest BCUT2D eigenvalue weighted by Gasteiger charge is -2.40. The van der Waals surface area contributed by atoms with E-state index >= 15 is 4.39 Å². The summed E-state index contributed by atoms with van der Waals surface area (Å²) < 4.78 is 15.4. The van der Waals surface area contributed by atoms with Crippen LogP contribution >= 0.6 is 0 Å². The normalized spacial score (nSPS) is 20.5. The highest BCUT2D eigenvalue weighted by atomic mass is 19.1. The molecule has 0 saturated carbocycles. The third-order valence-corrected chi connectivity index (χ3v) is 10.9. The lowest BCUT2D eigenvalue weighted by Crippen LogP contribution is -2.54. The number of rotatable bonds is 6. The number of halogens is 1. The molecule has 10 nitrogen and oxygen atoms in total. The summed E-state index contributed by atoms with van der Waals surface area (Å²) in [7, 11) is 0. The second-order valence-corrected chi connectivity index (χ2v) is 13.9. The van der Waals surface area contributed by atoms with Crippen LogP contribution in [0.1, 0.15) is 52.0 Å². The van der Waals surface area contributed by atoms with Crippen LogP contribution in [0.15, 0.2) is 66.9 Å². The summed E-state index contributed by atoms with van der Waals surface area (Å²) in [4.78, 5) is 62.8. The maximum absolute atomic E-state index is 15.4. The maximum atomic E-state index is 15.4. The average Bonchev–Trinajstić information content (AvgIpc) is 3.36. The number of nitrogens with one attached hydrogen (secondary N) is 1. The average molecular weight is 675 g/mol. The lowest BCUT2D eigenvalue weighted by atomic mass is 9.95. The molecular formula is C39H39FN6O4. The van der Waals surface area contributed by atoms with E-state index in [-0.39, 0.29) is 24.0 Å². The number of hydrogen-bond donors (Lipinski definition) is 1. The highest BCUT2D eigenvalue weighted by molar-refractivity contribution is 6.23. The standard InChI is InChI=1S/C39H39FN6O4/c1-24-4-2-3-5-28(24)36-29-7-6-27(20-26(29)10-13-41-36)44-14-11-25(12-15-44)23-43-16-18-45(19-17-43)34-22-31-30(21-32(34)40)38(49)46(39(31)50)33-8-9-35(47)42-37(33)48/h2-7,10,13,20-22,25,33H,8-9,11-12,14-19,23H2,1H3,(H,42,47,48). The van der Waals surface area contributed by atoms with Gasteiger partial charge in [-0.15, -0.1) is 0 Å². The number of aromatic nitrogens is 1. The Kier molecular flexibility index (Phi) is 8.30. The van der Waals surface area contributed by atoms with Crippen molar-refractivity contribution in [3.05, 3.63) is 89.4 Å². The SMILES string of the molecule is Cc1ccccc1-c1nccc2cc(N3CCC(CN4CCN(c5cc6c(cc5F)C(=O)N(C5CCC(=O)NC5=O)C6=O)CC4)CC3)ccc12. The number of fused-ring (bicyclic) bond motifs is 2. The first-order chi connectivity index (χ1) is 24.2. The molecule has 0 radical (unpaired) electrons. The molecule has 50 heavy (non-hydrogen) atoms. The number of amides is 4. The Morgan fingerprint density at radius 3 is 2.28 bits per heavy atom. The van der Waals surface area contributed by atoms with Crippen LogP contribution in [-0.2, 0) is 9.59 Å². The van der Waals surface area contributed by atoms with Gasteiger partial charge in [0.15, 0.2) is 0 Å².